The molecule has 0 unspecified atom stereocenters. The molecule has 0 bridgehead atoms. The van der Waals surface area contributed by atoms with Crippen LogP contribution >= 0.6 is 15.9 Å². The summed E-state index contributed by atoms with van der Waals surface area (Å²) >= 11 is 3.38. The molecule has 0 spiro atoms. The molecule has 7 heteroatoms. The van der Waals surface area contributed by atoms with E-state index in [0.29, 0.717) is 23.4 Å². The van der Waals surface area contributed by atoms with Crippen molar-refractivity contribution in [2.75, 3.05) is 0 Å². The molecule has 134 valence electrons. The SMILES string of the molecule is O=C(NCc1ccc(Br)cc1)c1c[nH]n2c(=O)cc(-c3ccccc3)nc12. The van der Waals surface area contributed by atoms with Crippen LogP contribution in [0.2, 0.25) is 0 Å². The molecular formula is C20H15BrN4O2. The fourth-order valence-electron chi connectivity index (χ4n) is 2.79. The monoisotopic (exact) mass is 422 g/mol. The van der Waals surface area contributed by atoms with Gasteiger partial charge in [-0.3, -0.25) is 14.7 Å². The lowest BCUT2D eigenvalue weighted by Gasteiger charge is -2.05. The van der Waals surface area contributed by atoms with Crippen LogP contribution in [0.15, 0.2) is 76.1 Å². The standard InChI is InChI=1S/C20H15BrN4O2/c21-15-8-6-13(7-9-15)11-22-20(27)16-12-23-25-18(26)10-17(24-19(16)25)14-4-2-1-3-5-14/h1-10,12,23H,11H2,(H,22,27). The van der Waals surface area contributed by atoms with Crippen molar-refractivity contribution in [3.63, 3.8) is 0 Å². The molecule has 4 rings (SSSR count). The van der Waals surface area contributed by atoms with Gasteiger partial charge >= 0.3 is 0 Å². The highest BCUT2D eigenvalue weighted by Gasteiger charge is 2.16. The van der Waals surface area contributed by atoms with E-state index in [1.807, 2.05) is 54.6 Å². The number of carbonyl (C=O) groups is 1. The molecule has 2 N–H and O–H groups in total. The maximum Gasteiger partial charge on any atom is 0.273 e. The third-order valence-electron chi connectivity index (χ3n) is 4.18. The Morgan fingerprint density at radius 3 is 2.59 bits per heavy atom. The van der Waals surface area contributed by atoms with Gasteiger partial charge in [0, 0.05) is 28.8 Å². The summed E-state index contributed by atoms with van der Waals surface area (Å²) in [6, 6.07) is 18.5. The fourth-order valence-corrected chi connectivity index (χ4v) is 3.05. The Morgan fingerprint density at radius 1 is 1.11 bits per heavy atom. The topological polar surface area (TPSA) is 79.3 Å². The van der Waals surface area contributed by atoms with Gasteiger partial charge in [-0.05, 0) is 17.7 Å². The maximum absolute atomic E-state index is 12.6. The van der Waals surface area contributed by atoms with Gasteiger partial charge in [-0.2, -0.15) is 0 Å². The molecule has 1 amide bonds. The summed E-state index contributed by atoms with van der Waals surface area (Å²) in [5.74, 6) is -0.297. The number of H-pyrrole nitrogens is 1. The zero-order valence-corrected chi connectivity index (χ0v) is 15.7. The molecule has 0 aliphatic heterocycles. The Hall–Kier alpha value is -3.19. The normalized spacial score (nSPS) is 10.9. The first-order valence-corrected chi connectivity index (χ1v) is 9.10. The second-order valence-electron chi connectivity index (χ2n) is 6.00. The van der Waals surface area contributed by atoms with Crippen molar-refractivity contribution in [2.24, 2.45) is 0 Å². The van der Waals surface area contributed by atoms with Gasteiger partial charge in [-0.15, -0.1) is 0 Å². The van der Waals surface area contributed by atoms with Crippen LogP contribution in [-0.2, 0) is 6.54 Å². The highest BCUT2D eigenvalue weighted by atomic mass is 79.9. The predicted octanol–water partition coefficient (Wildman–Crippen LogP) is 3.38. The van der Waals surface area contributed by atoms with Gasteiger partial charge in [0.25, 0.3) is 11.5 Å². The summed E-state index contributed by atoms with van der Waals surface area (Å²) in [6.07, 6.45) is 1.50. The molecule has 2 aromatic carbocycles. The molecule has 27 heavy (non-hydrogen) atoms. The molecule has 0 aliphatic carbocycles. The number of rotatable bonds is 4. The highest BCUT2D eigenvalue weighted by Crippen LogP contribution is 2.17. The number of nitrogens with zero attached hydrogens (tertiary/aromatic N) is 2. The number of hydrogen-bond donors (Lipinski definition) is 2. The third kappa shape index (κ3) is 3.54. The molecule has 6 nitrogen and oxygen atoms in total. The lowest BCUT2D eigenvalue weighted by atomic mass is 10.1. The minimum Gasteiger partial charge on any atom is -0.348 e. The van der Waals surface area contributed by atoms with Gasteiger partial charge in [0.1, 0.15) is 5.56 Å². The molecule has 0 atom stereocenters. The maximum atomic E-state index is 12.6. The van der Waals surface area contributed by atoms with E-state index in [4.69, 9.17) is 0 Å². The first-order valence-electron chi connectivity index (χ1n) is 8.31. The first-order chi connectivity index (χ1) is 13.1. The van der Waals surface area contributed by atoms with E-state index < -0.39 is 0 Å². The Morgan fingerprint density at radius 2 is 1.85 bits per heavy atom. The number of amides is 1. The van der Waals surface area contributed by atoms with Crippen molar-refractivity contribution < 1.29 is 4.79 Å². The van der Waals surface area contributed by atoms with Crippen molar-refractivity contribution in [3.05, 3.63) is 92.8 Å². The number of halogens is 1. The quantitative estimate of drug-likeness (QED) is 0.528. The first kappa shape index (κ1) is 17.2. The summed E-state index contributed by atoms with van der Waals surface area (Å²) in [5.41, 5.74) is 2.67. The Bertz CT molecular complexity index is 1160. The zero-order valence-electron chi connectivity index (χ0n) is 14.1. The Kier molecular flexibility index (Phi) is 4.60. The zero-order chi connectivity index (χ0) is 18.8. The van der Waals surface area contributed by atoms with Crippen LogP contribution in [-0.4, -0.2) is 20.5 Å². The molecule has 0 saturated heterocycles. The van der Waals surface area contributed by atoms with Crippen molar-refractivity contribution in [2.45, 2.75) is 6.54 Å². The molecular weight excluding hydrogens is 408 g/mol. The summed E-state index contributed by atoms with van der Waals surface area (Å²) < 4.78 is 2.24. The van der Waals surface area contributed by atoms with Crippen molar-refractivity contribution in [1.29, 1.82) is 0 Å². The molecule has 0 radical (unpaired) electrons. The largest absolute Gasteiger partial charge is 0.348 e. The number of nitrogens with one attached hydrogen (secondary N) is 2. The van der Waals surface area contributed by atoms with Gasteiger partial charge in [-0.1, -0.05) is 58.4 Å². The number of benzene rings is 2. The van der Waals surface area contributed by atoms with Crippen LogP contribution in [0.4, 0.5) is 0 Å². The van der Waals surface area contributed by atoms with Gasteiger partial charge in [0.15, 0.2) is 5.65 Å². The molecule has 0 aliphatic rings. The second kappa shape index (κ2) is 7.20. The summed E-state index contributed by atoms with van der Waals surface area (Å²) in [5, 5.41) is 5.66. The summed E-state index contributed by atoms with van der Waals surface area (Å²) in [6.45, 7) is 0.381. The highest BCUT2D eigenvalue weighted by molar-refractivity contribution is 9.10. The van der Waals surface area contributed by atoms with Gasteiger partial charge in [0.05, 0.1) is 5.69 Å². The predicted molar refractivity (Wildman–Crippen MR) is 107 cm³/mol. The molecule has 2 aromatic heterocycles. The van der Waals surface area contributed by atoms with E-state index in [1.165, 1.54) is 16.8 Å². The van der Waals surface area contributed by atoms with Crippen molar-refractivity contribution in [1.82, 2.24) is 19.9 Å². The van der Waals surface area contributed by atoms with Crippen LogP contribution < -0.4 is 10.9 Å². The number of fused-ring (bicyclic) bond motifs is 1. The van der Waals surface area contributed by atoms with Crippen LogP contribution in [0.5, 0.6) is 0 Å². The number of aromatic nitrogens is 3. The Balaban J connectivity index is 1.65. The van der Waals surface area contributed by atoms with E-state index in [9.17, 15) is 9.59 Å². The van der Waals surface area contributed by atoms with Crippen LogP contribution in [0.1, 0.15) is 15.9 Å². The van der Waals surface area contributed by atoms with Gasteiger partial charge in [-0.25, -0.2) is 9.50 Å². The Labute approximate surface area is 163 Å². The minimum atomic E-state index is -0.297. The van der Waals surface area contributed by atoms with Crippen molar-refractivity contribution >= 4 is 27.5 Å². The van der Waals surface area contributed by atoms with Crippen molar-refractivity contribution in [3.8, 4) is 11.3 Å². The van der Waals surface area contributed by atoms with Gasteiger partial charge in [0.2, 0.25) is 0 Å². The van der Waals surface area contributed by atoms with Crippen LogP contribution in [0.3, 0.4) is 0 Å². The van der Waals surface area contributed by atoms with E-state index in [1.54, 1.807) is 0 Å². The molecule has 0 saturated carbocycles. The fraction of sp³-hybridized carbons (Fsp3) is 0.0500. The molecule has 2 heterocycles. The van der Waals surface area contributed by atoms with Crippen LogP contribution in [0.25, 0.3) is 16.9 Å². The lowest BCUT2D eigenvalue weighted by Crippen LogP contribution is -2.23. The minimum absolute atomic E-state index is 0.272. The van der Waals surface area contributed by atoms with Crippen LogP contribution in [0, 0.1) is 0 Å². The average Bonchev–Trinajstić information content (AvgIpc) is 3.13. The number of hydrogen-bond acceptors (Lipinski definition) is 3. The third-order valence-corrected chi connectivity index (χ3v) is 4.71. The lowest BCUT2D eigenvalue weighted by molar-refractivity contribution is 0.0952. The van der Waals surface area contributed by atoms with E-state index in [2.05, 4.69) is 31.3 Å². The average molecular weight is 423 g/mol. The summed E-state index contributed by atoms with van der Waals surface area (Å²) in [7, 11) is 0. The number of carbonyl (C=O) groups excluding carboxylic acids is 1. The molecule has 4 aromatic rings. The second-order valence-corrected chi connectivity index (χ2v) is 6.92. The summed E-state index contributed by atoms with van der Waals surface area (Å²) in [4.78, 5) is 29.5. The van der Waals surface area contributed by atoms with E-state index in [-0.39, 0.29) is 11.5 Å². The number of aromatic amines is 1. The smallest absolute Gasteiger partial charge is 0.273 e. The van der Waals surface area contributed by atoms with Gasteiger partial charge < -0.3 is 5.32 Å². The van der Waals surface area contributed by atoms with E-state index >= 15 is 0 Å². The van der Waals surface area contributed by atoms with E-state index in [0.717, 1.165) is 15.6 Å². The molecule has 0 fully saturated rings.